The molecule has 0 bridgehead atoms. The van der Waals surface area contributed by atoms with Crippen molar-refractivity contribution >= 4 is 17.5 Å². The minimum Gasteiger partial charge on any atom is -0.497 e. The van der Waals surface area contributed by atoms with Crippen molar-refractivity contribution in [3.05, 3.63) is 59.7 Å². The lowest BCUT2D eigenvalue weighted by Gasteiger charge is -2.31. The minimum atomic E-state index is -0.187. The SMILES string of the molecule is COc1ccc(NCCNC(=O)C2CCCCC2NC(=O)c2cccc(C)c2)cc1. The summed E-state index contributed by atoms with van der Waals surface area (Å²) in [6.45, 7) is 3.12. The van der Waals surface area contributed by atoms with Gasteiger partial charge in [-0.2, -0.15) is 0 Å². The molecule has 2 aromatic carbocycles. The van der Waals surface area contributed by atoms with E-state index in [9.17, 15) is 9.59 Å². The zero-order valence-electron chi connectivity index (χ0n) is 17.7. The normalized spacial score (nSPS) is 18.3. The molecule has 2 unspecified atom stereocenters. The van der Waals surface area contributed by atoms with Crippen molar-refractivity contribution < 1.29 is 14.3 Å². The summed E-state index contributed by atoms with van der Waals surface area (Å²) in [5.41, 5.74) is 2.67. The minimum absolute atomic E-state index is 0.0146. The Morgan fingerprint density at radius 1 is 1.03 bits per heavy atom. The number of hydrogen-bond donors (Lipinski definition) is 3. The number of anilines is 1. The van der Waals surface area contributed by atoms with Gasteiger partial charge in [0.1, 0.15) is 5.75 Å². The summed E-state index contributed by atoms with van der Waals surface area (Å²) in [5, 5.41) is 9.40. The smallest absolute Gasteiger partial charge is 0.251 e. The van der Waals surface area contributed by atoms with Gasteiger partial charge < -0.3 is 20.7 Å². The van der Waals surface area contributed by atoms with E-state index >= 15 is 0 Å². The van der Waals surface area contributed by atoms with Gasteiger partial charge in [0, 0.05) is 30.4 Å². The van der Waals surface area contributed by atoms with E-state index in [1.54, 1.807) is 7.11 Å². The molecule has 0 aromatic heterocycles. The molecule has 2 amide bonds. The Balaban J connectivity index is 1.48. The van der Waals surface area contributed by atoms with Crippen LogP contribution in [0.15, 0.2) is 48.5 Å². The number of methoxy groups -OCH3 is 1. The van der Waals surface area contributed by atoms with Crippen LogP contribution < -0.4 is 20.7 Å². The lowest BCUT2D eigenvalue weighted by atomic mass is 9.83. The number of aryl methyl sites for hydroxylation is 1. The Morgan fingerprint density at radius 2 is 1.80 bits per heavy atom. The van der Waals surface area contributed by atoms with Crippen LogP contribution in [0.1, 0.15) is 41.6 Å². The molecular formula is C24H31N3O3. The van der Waals surface area contributed by atoms with Crippen molar-refractivity contribution in [2.45, 2.75) is 38.6 Å². The van der Waals surface area contributed by atoms with Gasteiger partial charge in [-0.1, -0.05) is 30.5 Å². The second-order valence-electron chi connectivity index (χ2n) is 7.79. The molecule has 30 heavy (non-hydrogen) atoms. The standard InChI is InChI=1S/C24H31N3O3/c1-17-6-5-7-18(16-17)23(28)27-22-9-4-3-8-21(22)24(29)26-15-14-25-19-10-12-20(30-2)13-11-19/h5-7,10-13,16,21-22,25H,3-4,8-9,14-15H2,1-2H3,(H,26,29)(H,27,28). The van der Waals surface area contributed by atoms with Crippen molar-refractivity contribution in [1.82, 2.24) is 10.6 Å². The maximum absolute atomic E-state index is 12.8. The molecule has 160 valence electrons. The Morgan fingerprint density at radius 3 is 2.53 bits per heavy atom. The van der Waals surface area contributed by atoms with Crippen molar-refractivity contribution in [3.8, 4) is 5.75 Å². The number of ether oxygens (including phenoxy) is 1. The highest BCUT2D eigenvalue weighted by Gasteiger charge is 2.32. The summed E-state index contributed by atoms with van der Waals surface area (Å²) < 4.78 is 5.15. The molecule has 1 saturated carbocycles. The Kier molecular flexibility index (Phi) is 7.71. The quantitative estimate of drug-likeness (QED) is 0.583. The van der Waals surface area contributed by atoms with E-state index in [1.807, 2.05) is 55.5 Å². The first-order valence-corrected chi connectivity index (χ1v) is 10.6. The van der Waals surface area contributed by atoms with E-state index in [2.05, 4.69) is 16.0 Å². The van der Waals surface area contributed by atoms with Crippen molar-refractivity contribution in [2.24, 2.45) is 5.92 Å². The van der Waals surface area contributed by atoms with E-state index < -0.39 is 0 Å². The van der Waals surface area contributed by atoms with E-state index in [0.29, 0.717) is 18.7 Å². The summed E-state index contributed by atoms with van der Waals surface area (Å²) in [7, 11) is 1.64. The molecule has 0 saturated heterocycles. The van der Waals surface area contributed by atoms with Crippen LogP contribution in [-0.2, 0) is 4.79 Å². The first-order chi connectivity index (χ1) is 14.6. The fourth-order valence-electron chi connectivity index (χ4n) is 3.89. The maximum atomic E-state index is 12.8. The van der Waals surface area contributed by atoms with E-state index in [0.717, 1.165) is 42.7 Å². The van der Waals surface area contributed by atoms with Gasteiger partial charge in [-0.05, 0) is 56.2 Å². The van der Waals surface area contributed by atoms with Gasteiger partial charge in [-0.3, -0.25) is 9.59 Å². The highest BCUT2D eigenvalue weighted by atomic mass is 16.5. The monoisotopic (exact) mass is 409 g/mol. The predicted molar refractivity (Wildman–Crippen MR) is 119 cm³/mol. The molecule has 1 aliphatic rings. The number of benzene rings is 2. The van der Waals surface area contributed by atoms with E-state index in [1.165, 1.54) is 0 Å². The fourth-order valence-corrected chi connectivity index (χ4v) is 3.89. The van der Waals surface area contributed by atoms with Gasteiger partial charge in [0.05, 0.1) is 13.0 Å². The van der Waals surface area contributed by atoms with Gasteiger partial charge in [-0.15, -0.1) is 0 Å². The molecule has 2 atom stereocenters. The van der Waals surface area contributed by atoms with Crippen molar-refractivity contribution in [1.29, 1.82) is 0 Å². The number of amides is 2. The predicted octanol–water partition coefficient (Wildman–Crippen LogP) is 3.52. The zero-order valence-corrected chi connectivity index (χ0v) is 17.7. The van der Waals surface area contributed by atoms with Gasteiger partial charge in [0.25, 0.3) is 5.91 Å². The molecule has 6 nitrogen and oxygen atoms in total. The van der Waals surface area contributed by atoms with Crippen LogP contribution in [0.3, 0.4) is 0 Å². The van der Waals surface area contributed by atoms with Crippen LogP contribution >= 0.6 is 0 Å². The van der Waals surface area contributed by atoms with Crippen LogP contribution in [0.5, 0.6) is 5.75 Å². The highest BCUT2D eigenvalue weighted by molar-refractivity contribution is 5.95. The molecular weight excluding hydrogens is 378 g/mol. The molecule has 0 aliphatic heterocycles. The number of hydrogen-bond acceptors (Lipinski definition) is 4. The van der Waals surface area contributed by atoms with Crippen LogP contribution in [-0.4, -0.2) is 38.1 Å². The van der Waals surface area contributed by atoms with Crippen LogP contribution in [0, 0.1) is 12.8 Å². The van der Waals surface area contributed by atoms with Crippen molar-refractivity contribution in [3.63, 3.8) is 0 Å². The second kappa shape index (κ2) is 10.7. The number of rotatable bonds is 8. The molecule has 1 fully saturated rings. The Bertz CT molecular complexity index is 851. The maximum Gasteiger partial charge on any atom is 0.251 e. The second-order valence-corrected chi connectivity index (χ2v) is 7.79. The lowest BCUT2D eigenvalue weighted by Crippen LogP contribution is -2.49. The van der Waals surface area contributed by atoms with Crippen LogP contribution in [0.4, 0.5) is 5.69 Å². The number of carbonyl (C=O) groups excluding carboxylic acids is 2. The van der Waals surface area contributed by atoms with Crippen LogP contribution in [0.25, 0.3) is 0 Å². The van der Waals surface area contributed by atoms with Gasteiger partial charge >= 0.3 is 0 Å². The number of nitrogens with one attached hydrogen (secondary N) is 3. The van der Waals surface area contributed by atoms with Crippen molar-refractivity contribution in [2.75, 3.05) is 25.5 Å². The first kappa shape index (κ1) is 21.7. The molecule has 3 rings (SSSR count). The third-order valence-corrected chi connectivity index (χ3v) is 5.54. The summed E-state index contributed by atoms with van der Waals surface area (Å²) >= 11 is 0. The third kappa shape index (κ3) is 5.99. The van der Waals surface area contributed by atoms with E-state index in [4.69, 9.17) is 4.74 Å². The zero-order chi connectivity index (χ0) is 21.3. The van der Waals surface area contributed by atoms with E-state index in [-0.39, 0.29) is 23.8 Å². The van der Waals surface area contributed by atoms with Gasteiger partial charge in [-0.25, -0.2) is 0 Å². The fraction of sp³-hybridized carbons (Fsp3) is 0.417. The average Bonchev–Trinajstić information content (AvgIpc) is 2.77. The highest BCUT2D eigenvalue weighted by Crippen LogP contribution is 2.25. The van der Waals surface area contributed by atoms with Gasteiger partial charge in [0.2, 0.25) is 5.91 Å². The third-order valence-electron chi connectivity index (χ3n) is 5.54. The molecule has 6 heteroatoms. The molecule has 3 N–H and O–H groups in total. The average molecular weight is 410 g/mol. The van der Waals surface area contributed by atoms with Crippen LogP contribution in [0.2, 0.25) is 0 Å². The molecule has 2 aromatic rings. The summed E-state index contributed by atoms with van der Waals surface area (Å²) in [6.07, 6.45) is 3.68. The Labute approximate surface area is 178 Å². The van der Waals surface area contributed by atoms with Gasteiger partial charge in [0.15, 0.2) is 0 Å². The summed E-state index contributed by atoms with van der Waals surface area (Å²) in [6, 6.07) is 15.1. The molecule has 0 radical (unpaired) electrons. The number of carbonyl (C=O) groups is 2. The summed E-state index contributed by atoms with van der Waals surface area (Å²) in [5.74, 6) is 0.531. The Hall–Kier alpha value is -3.02. The molecule has 0 heterocycles. The lowest BCUT2D eigenvalue weighted by molar-refractivity contribution is -0.126. The summed E-state index contributed by atoms with van der Waals surface area (Å²) in [4.78, 5) is 25.4. The molecule has 1 aliphatic carbocycles. The topological polar surface area (TPSA) is 79.5 Å². The largest absolute Gasteiger partial charge is 0.497 e. The molecule has 0 spiro atoms. The first-order valence-electron chi connectivity index (χ1n) is 10.6.